The second-order valence-electron chi connectivity index (χ2n) is 7.99. The predicted octanol–water partition coefficient (Wildman–Crippen LogP) is 7.29. The zero-order chi connectivity index (χ0) is 20.6. The van der Waals surface area contributed by atoms with Crippen LogP contribution in [0.2, 0.25) is 0 Å². The maximum atomic E-state index is 3.67. The highest BCUT2D eigenvalue weighted by atomic mass is 15.3. The average Bonchev–Trinajstić information content (AvgIpc) is 3.19. The van der Waals surface area contributed by atoms with E-state index in [0.29, 0.717) is 0 Å². The van der Waals surface area contributed by atoms with Crippen molar-refractivity contribution in [2.24, 2.45) is 0 Å². The SMILES string of the molecule is CCCc1cccc(CCC)c1N1[C]N(c2c(CCC)cccc2CCC)C=C1. The van der Waals surface area contributed by atoms with Gasteiger partial charge in [0.05, 0.1) is 0 Å². The van der Waals surface area contributed by atoms with Crippen LogP contribution in [-0.2, 0) is 25.7 Å². The van der Waals surface area contributed by atoms with Gasteiger partial charge in [-0.2, -0.15) is 0 Å². The maximum Gasteiger partial charge on any atom is 0.217 e. The summed E-state index contributed by atoms with van der Waals surface area (Å²) in [7, 11) is 0. The summed E-state index contributed by atoms with van der Waals surface area (Å²) in [5, 5.41) is 0. The molecule has 2 nitrogen and oxygen atoms in total. The van der Waals surface area contributed by atoms with Crippen molar-refractivity contribution in [2.45, 2.75) is 79.1 Å². The Labute approximate surface area is 178 Å². The summed E-state index contributed by atoms with van der Waals surface area (Å²) in [6.07, 6.45) is 13.4. The average molecular weight is 389 g/mol. The smallest absolute Gasteiger partial charge is 0.217 e. The van der Waals surface area contributed by atoms with Crippen molar-refractivity contribution in [2.75, 3.05) is 9.80 Å². The third-order valence-electron chi connectivity index (χ3n) is 5.55. The van der Waals surface area contributed by atoms with Crippen LogP contribution in [0, 0.1) is 6.67 Å². The van der Waals surface area contributed by atoms with E-state index in [-0.39, 0.29) is 0 Å². The molecule has 0 N–H and O–H groups in total. The van der Waals surface area contributed by atoms with Crippen molar-refractivity contribution in [3.05, 3.63) is 77.7 Å². The quantitative estimate of drug-likeness (QED) is 0.421. The first kappa shape index (κ1) is 21.5. The lowest BCUT2D eigenvalue weighted by Gasteiger charge is -2.26. The van der Waals surface area contributed by atoms with Gasteiger partial charge < -0.3 is 9.80 Å². The number of para-hydroxylation sites is 2. The molecule has 0 aliphatic carbocycles. The minimum Gasteiger partial charge on any atom is -0.315 e. The Balaban J connectivity index is 1.95. The number of rotatable bonds is 10. The van der Waals surface area contributed by atoms with E-state index in [9.17, 15) is 0 Å². The Kier molecular flexibility index (Phi) is 7.80. The number of hydrogen-bond donors (Lipinski definition) is 0. The Morgan fingerprint density at radius 1 is 0.552 bits per heavy atom. The molecule has 0 aromatic heterocycles. The third-order valence-corrected chi connectivity index (χ3v) is 5.55. The second-order valence-corrected chi connectivity index (χ2v) is 7.99. The Hall–Kier alpha value is -2.22. The summed E-state index contributed by atoms with van der Waals surface area (Å²) in [6, 6.07) is 13.6. The van der Waals surface area contributed by atoms with E-state index < -0.39 is 0 Å². The molecule has 154 valence electrons. The molecule has 3 rings (SSSR count). The van der Waals surface area contributed by atoms with Crippen molar-refractivity contribution in [1.82, 2.24) is 0 Å². The first-order valence-electron chi connectivity index (χ1n) is 11.5. The highest BCUT2D eigenvalue weighted by molar-refractivity contribution is 5.71. The molecular formula is C27H36N2. The monoisotopic (exact) mass is 388 g/mol. The molecule has 0 fully saturated rings. The molecule has 0 atom stereocenters. The second kappa shape index (κ2) is 10.5. The molecule has 2 heteroatoms. The van der Waals surface area contributed by atoms with Crippen LogP contribution in [-0.4, -0.2) is 0 Å². The van der Waals surface area contributed by atoms with E-state index in [2.05, 4.69) is 93.0 Å². The van der Waals surface area contributed by atoms with Crippen LogP contribution in [0.4, 0.5) is 11.4 Å². The van der Waals surface area contributed by atoms with Crippen molar-refractivity contribution in [3.8, 4) is 0 Å². The van der Waals surface area contributed by atoms with E-state index >= 15 is 0 Å². The number of anilines is 2. The maximum absolute atomic E-state index is 3.67. The fourth-order valence-electron chi connectivity index (χ4n) is 4.36. The van der Waals surface area contributed by atoms with Crippen LogP contribution < -0.4 is 9.80 Å². The lowest BCUT2D eigenvalue weighted by Crippen LogP contribution is -2.22. The van der Waals surface area contributed by atoms with E-state index in [1.165, 1.54) is 33.6 Å². The topological polar surface area (TPSA) is 6.48 Å². The van der Waals surface area contributed by atoms with Crippen molar-refractivity contribution in [3.63, 3.8) is 0 Å². The standard InChI is InChI=1S/C27H36N2/c1-5-11-22-15-9-16-23(12-6-2)26(22)28-19-20-29(21-28)27-24(13-7-3)17-10-18-25(27)14-8-4/h9-10,15-20H,5-8,11-14H2,1-4H3. The van der Waals surface area contributed by atoms with Crippen LogP contribution >= 0.6 is 0 Å². The summed E-state index contributed by atoms with van der Waals surface area (Å²) in [4.78, 5) is 4.46. The van der Waals surface area contributed by atoms with Crippen LogP contribution in [0.5, 0.6) is 0 Å². The molecule has 0 bridgehead atoms. The molecule has 0 saturated carbocycles. The van der Waals surface area contributed by atoms with Gasteiger partial charge in [-0.1, -0.05) is 89.8 Å². The molecule has 0 spiro atoms. The van der Waals surface area contributed by atoms with E-state index in [4.69, 9.17) is 0 Å². The van der Waals surface area contributed by atoms with Crippen molar-refractivity contribution >= 4 is 11.4 Å². The zero-order valence-corrected chi connectivity index (χ0v) is 18.7. The first-order valence-corrected chi connectivity index (χ1v) is 11.5. The van der Waals surface area contributed by atoms with Gasteiger partial charge in [0.25, 0.3) is 0 Å². The Morgan fingerprint density at radius 2 is 0.862 bits per heavy atom. The Bertz CT molecular complexity index is 705. The highest BCUT2D eigenvalue weighted by Gasteiger charge is 2.24. The van der Waals surface area contributed by atoms with Gasteiger partial charge in [-0.25, -0.2) is 0 Å². The van der Waals surface area contributed by atoms with Gasteiger partial charge in [-0.3, -0.25) is 0 Å². The van der Waals surface area contributed by atoms with Gasteiger partial charge >= 0.3 is 0 Å². The Morgan fingerprint density at radius 3 is 1.14 bits per heavy atom. The fourth-order valence-corrected chi connectivity index (χ4v) is 4.36. The largest absolute Gasteiger partial charge is 0.315 e. The minimum absolute atomic E-state index is 1.10. The van der Waals surface area contributed by atoms with Crippen LogP contribution in [0.3, 0.4) is 0 Å². The summed E-state index contributed by atoms with van der Waals surface area (Å²) >= 11 is 0. The molecule has 0 saturated heterocycles. The zero-order valence-electron chi connectivity index (χ0n) is 18.7. The van der Waals surface area contributed by atoms with Gasteiger partial charge in [0.2, 0.25) is 6.67 Å². The van der Waals surface area contributed by atoms with E-state index in [1.807, 2.05) is 0 Å². The van der Waals surface area contributed by atoms with Gasteiger partial charge in [-0.05, 0) is 47.9 Å². The molecule has 0 amide bonds. The lowest BCUT2D eigenvalue weighted by atomic mass is 9.99. The van der Waals surface area contributed by atoms with Crippen LogP contribution in [0.25, 0.3) is 0 Å². The van der Waals surface area contributed by atoms with E-state index in [0.717, 1.165) is 51.4 Å². The molecule has 0 unspecified atom stereocenters. The number of benzene rings is 2. The third kappa shape index (κ3) is 4.86. The van der Waals surface area contributed by atoms with Crippen LogP contribution in [0.15, 0.2) is 48.8 Å². The molecule has 1 heterocycles. The molecular weight excluding hydrogens is 352 g/mol. The number of aryl methyl sites for hydroxylation is 4. The van der Waals surface area contributed by atoms with Crippen molar-refractivity contribution in [1.29, 1.82) is 0 Å². The number of nitrogens with zero attached hydrogens (tertiary/aromatic N) is 2. The molecule has 1 aliphatic heterocycles. The minimum atomic E-state index is 1.10. The van der Waals surface area contributed by atoms with Gasteiger partial charge in [-0.15, -0.1) is 0 Å². The highest BCUT2D eigenvalue weighted by Crippen LogP contribution is 2.36. The first-order chi connectivity index (χ1) is 14.2. The van der Waals surface area contributed by atoms with Gasteiger partial charge in [0.1, 0.15) is 0 Å². The van der Waals surface area contributed by atoms with Gasteiger partial charge in [0, 0.05) is 23.8 Å². The predicted molar refractivity (Wildman–Crippen MR) is 126 cm³/mol. The molecule has 29 heavy (non-hydrogen) atoms. The molecule has 1 aliphatic rings. The normalized spacial score (nSPS) is 13.5. The molecule has 2 aromatic carbocycles. The summed E-state index contributed by atoms with van der Waals surface area (Å²) < 4.78 is 0. The summed E-state index contributed by atoms with van der Waals surface area (Å²) in [5.41, 5.74) is 8.36. The van der Waals surface area contributed by atoms with Crippen LogP contribution in [0.1, 0.15) is 75.6 Å². The number of hydrogen-bond acceptors (Lipinski definition) is 2. The molecule has 2 aromatic rings. The fraction of sp³-hybridized carbons (Fsp3) is 0.444. The lowest BCUT2D eigenvalue weighted by molar-refractivity contribution is 0.877. The van der Waals surface area contributed by atoms with E-state index in [1.54, 1.807) is 0 Å². The molecule has 2 radical (unpaired) electrons. The summed E-state index contributed by atoms with van der Waals surface area (Å²) in [6.45, 7) is 12.7. The summed E-state index contributed by atoms with van der Waals surface area (Å²) in [5.74, 6) is 0. The van der Waals surface area contributed by atoms with Crippen molar-refractivity contribution < 1.29 is 0 Å². The van der Waals surface area contributed by atoms with Gasteiger partial charge in [0.15, 0.2) is 0 Å².